The van der Waals surface area contributed by atoms with Crippen LogP contribution in [0.1, 0.15) is 20.8 Å². The molecule has 16 heavy (non-hydrogen) atoms. The minimum Gasteiger partial charge on any atom is 0 e. The molecule has 0 rings (SSSR count). The maximum atomic E-state index is 7.50. The SMILES string of the molecule is C#CC.C#CC.C#CC.[C-]#[O+].[C-]#[O+].[C-]#[O+].[Cr]. The van der Waals surface area contributed by atoms with Gasteiger partial charge in [-0.15, -0.1) is 37.0 Å². The van der Waals surface area contributed by atoms with Crippen molar-refractivity contribution in [1.29, 1.82) is 0 Å². The Morgan fingerprint density at radius 2 is 0.625 bits per heavy atom. The van der Waals surface area contributed by atoms with E-state index in [9.17, 15) is 0 Å². The molecule has 0 saturated carbocycles. The van der Waals surface area contributed by atoms with E-state index in [4.69, 9.17) is 14.0 Å². The van der Waals surface area contributed by atoms with E-state index in [2.05, 4.69) is 57.0 Å². The molecule has 0 unspecified atom stereocenters. The summed E-state index contributed by atoms with van der Waals surface area (Å²) >= 11 is 0. The van der Waals surface area contributed by atoms with Crippen LogP contribution in [-0.4, -0.2) is 0 Å². The first-order valence-corrected chi connectivity index (χ1v) is 2.98. The Morgan fingerprint density at radius 3 is 0.625 bits per heavy atom. The second-order valence-corrected chi connectivity index (χ2v) is 0.866. The van der Waals surface area contributed by atoms with Crippen LogP contribution >= 0.6 is 0 Å². The molecule has 0 spiro atoms. The van der Waals surface area contributed by atoms with Crippen molar-refractivity contribution in [3.63, 3.8) is 0 Å². The van der Waals surface area contributed by atoms with E-state index in [0.29, 0.717) is 0 Å². The van der Waals surface area contributed by atoms with Gasteiger partial charge in [-0.2, -0.15) is 0 Å². The van der Waals surface area contributed by atoms with E-state index in [0.717, 1.165) is 0 Å². The van der Waals surface area contributed by atoms with Gasteiger partial charge in [-0.25, -0.2) is 0 Å². The monoisotopic (exact) mass is 256 g/mol. The quantitative estimate of drug-likeness (QED) is 0.360. The number of rotatable bonds is 0. The van der Waals surface area contributed by atoms with E-state index in [-0.39, 0.29) is 17.4 Å². The average Bonchev–Trinajstić information content (AvgIpc) is 2.29. The Balaban J connectivity index is -0.0000000122. The normalized spacial score (nSPS) is 1.88. The van der Waals surface area contributed by atoms with E-state index < -0.39 is 0 Å². The third kappa shape index (κ3) is 661. The fraction of sp³-hybridized carbons (Fsp3) is 0.250. The van der Waals surface area contributed by atoms with Crippen LogP contribution in [-0.2, 0) is 31.3 Å². The third-order valence-corrected chi connectivity index (χ3v) is 0. The van der Waals surface area contributed by atoms with E-state index in [1.807, 2.05) is 0 Å². The van der Waals surface area contributed by atoms with Gasteiger partial charge >= 0.3 is 33.9 Å². The molecule has 0 heterocycles. The standard InChI is InChI=1S/3C3H4.3CO.Cr/c3*1-3-2;3*1-2;/h3*1H,2H3;;;;. The second-order valence-electron chi connectivity index (χ2n) is 0.866. The second kappa shape index (κ2) is 1010. The van der Waals surface area contributed by atoms with Gasteiger partial charge in [0.25, 0.3) is 0 Å². The summed E-state index contributed by atoms with van der Waals surface area (Å²) in [5.41, 5.74) is 0. The summed E-state index contributed by atoms with van der Waals surface area (Å²) in [7, 11) is 0. The summed E-state index contributed by atoms with van der Waals surface area (Å²) in [6, 6.07) is 0. The topological polar surface area (TPSA) is 59.7 Å². The molecule has 0 aromatic carbocycles. The van der Waals surface area contributed by atoms with Gasteiger partial charge in [0, 0.05) is 17.4 Å². The average molecular weight is 256 g/mol. The number of hydrogen-bond acceptors (Lipinski definition) is 0. The van der Waals surface area contributed by atoms with Gasteiger partial charge in [0.05, 0.1) is 0 Å². The Hall–Kier alpha value is -1.57. The smallest absolute Gasteiger partial charge is 0 e. The fourth-order valence-corrected chi connectivity index (χ4v) is 0. The Bertz CT molecular complexity index is 187. The zero-order valence-electron chi connectivity index (χ0n) is 9.37. The van der Waals surface area contributed by atoms with Gasteiger partial charge in [0.1, 0.15) is 0 Å². The molecular weight excluding hydrogens is 244 g/mol. The fourth-order valence-electron chi connectivity index (χ4n) is 0. The minimum absolute atomic E-state index is 0. The molecule has 0 fully saturated rings. The zero-order valence-corrected chi connectivity index (χ0v) is 10.6. The molecular formula is C12H12CrO3. The van der Waals surface area contributed by atoms with Crippen molar-refractivity contribution < 1.29 is 31.3 Å². The predicted molar refractivity (Wildman–Crippen MR) is 55.3 cm³/mol. The van der Waals surface area contributed by atoms with Crippen LogP contribution in [0.5, 0.6) is 0 Å². The van der Waals surface area contributed by atoms with Crippen LogP contribution in [0.4, 0.5) is 0 Å². The van der Waals surface area contributed by atoms with Gasteiger partial charge < -0.3 is 0 Å². The maximum absolute atomic E-state index is 7.50. The van der Waals surface area contributed by atoms with Gasteiger partial charge in [0.2, 0.25) is 0 Å². The molecule has 0 aromatic heterocycles. The molecule has 3 nitrogen and oxygen atoms in total. The molecule has 0 N–H and O–H groups in total. The molecule has 0 radical (unpaired) electrons. The van der Waals surface area contributed by atoms with E-state index in [1.165, 1.54) is 0 Å². The van der Waals surface area contributed by atoms with Crippen LogP contribution in [0.15, 0.2) is 0 Å². The zero-order chi connectivity index (χ0) is 14.1. The van der Waals surface area contributed by atoms with Crippen LogP contribution in [0.3, 0.4) is 0 Å². The molecule has 0 aliphatic carbocycles. The van der Waals surface area contributed by atoms with Crippen molar-refractivity contribution in [3.05, 3.63) is 20.0 Å². The predicted octanol–water partition coefficient (Wildman–Crippen LogP) is 1.80. The first kappa shape index (κ1) is 47.1. The molecule has 0 atom stereocenters. The molecule has 0 amide bonds. The van der Waals surface area contributed by atoms with Crippen LogP contribution in [0, 0.1) is 57.0 Å². The minimum atomic E-state index is 0. The maximum Gasteiger partial charge on any atom is 0 e. The van der Waals surface area contributed by atoms with E-state index >= 15 is 0 Å². The summed E-state index contributed by atoms with van der Waals surface area (Å²) < 4.78 is 22.5. The van der Waals surface area contributed by atoms with Crippen molar-refractivity contribution in [2.75, 3.05) is 0 Å². The molecule has 0 saturated heterocycles. The first-order valence-electron chi connectivity index (χ1n) is 2.98. The molecule has 0 bridgehead atoms. The summed E-state index contributed by atoms with van der Waals surface area (Å²) in [6.45, 7) is 18.5. The van der Waals surface area contributed by atoms with Crippen molar-refractivity contribution in [3.8, 4) is 37.0 Å². The molecule has 84 valence electrons. The van der Waals surface area contributed by atoms with Crippen LogP contribution in [0.2, 0.25) is 0 Å². The largest absolute Gasteiger partial charge is 0 e. The van der Waals surface area contributed by atoms with Gasteiger partial charge in [-0.3, -0.25) is 0 Å². The molecule has 4 heteroatoms. The first-order chi connectivity index (χ1) is 7.24. The van der Waals surface area contributed by atoms with Crippen molar-refractivity contribution in [1.82, 2.24) is 0 Å². The Labute approximate surface area is 109 Å². The summed E-state index contributed by atoms with van der Waals surface area (Å²) in [6.07, 6.45) is 13.8. The van der Waals surface area contributed by atoms with Crippen molar-refractivity contribution >= 4 is 0 Å². The summed E-state index contributed by atoms with van der Waals surface area (Å²) in [5.74, 6) is 6.75. The van der Waals surface area contributed by atoms with Crippen LogP contribution in [0.25, 0.3) is 0 Å². The van der Waals surface area contributed by atoms with Crippen LogP contribution < -0.4 is 0 Å². The van der Waals surface area contributed by atoms with Gasteiger partial charge in [-0.1, -0.05) is 0 Å². The van der Waals surface area contributed by atoms with Crippen molar-refractivity contribution in [2.24, 2.45) is 0 Å². The van der Waals surface area contributed by atoms with E-state index in [1.54, 1.807) is 20.8 Å². The Morgan fingerprint density at radius 1 is 0.625 bits per heavy atom. The summed E-state index contributed by atoms with van der Waals surface area (Å²) in [4.78, 5) is 0. The third-order valence-electron chi connectivity index (χ3n) is 0. The van der Waals surface area contributed by atoms with Crippen molar-refractivity contribution in [2.45, 2.75) is 20.8 Å². The molecule has 0 aliphatic heterocycles. The molecule has 0 aromatic rings. The van der Waals surface area contributed by atoms with Gasteiger partial charge in [0.15, 0.2) is 0 Å². The summed E-state index contributed by atoms with van der Waals surface area (Å²) in [5, 5.41) is 0. The number of hydrogen-bond donors (Lipinski definition) is 0. The molecule has 0 aliphatic rings. The van der Waals surface area contributed by atoms with Gasteiger partial charge in [-0.05, 0) is 20.8 Å². The number of terminal acetylenes is 3. The Kier molecular flexibility index (Phi) is 2980.